The normalized spacial score (nSPS) is 12.2. The summed E-state index contributed by atoms with van der Waals surface area (Å²) < 4.78 is 13.5. The second-order valence-corrected chi connectivity index (χ2v) is 5.11. The van der Waals surface area contributed by atoms with Gasteiger partial charge in [-0.25, -0.2) is 4.39 Å². The summed E-state index contributed by atoms with van der Waals surface area (Å²) in [6.45, 7) is 2.57. The van der Waals surface area contributed by atoms with Crippen LogP contribution in [-0.2, 0) is 0 Å². The van der Waals surface area contributed by atoms with E-state index < -0.39 is 0 Å². The standard InChI is InChI=1S/C12H15FINO2/c1-8(4-5-16)7-15-12(17)10-3-2-9(13)6-11(10)14/h2-3,6,8,16H,4-5,7H2,1H3,(H,15,17). The van der Waals surface area contributed by atoms with Crippen LogP contribution in [0.4, 0.5) is 4.39 Å². The van der Waals surface area contributed by atoms with Crippen LogP contribution >= 0.6 is 22.6 Å². The SMILES string of the molecule is CC(CCO)CNC(=O)c1ccc(F)cc1I. The Morgan fingerprint density at radius 1 is 1.59 bits per heavy atom. The van der Waals surface area contributed by atoms with Gasteiger partial charge >= 0.3 is 0 Å². The van der Waals surface area contributed by atoms with Crippen molar-refractivity contribution in [1.29, 1.82) is 0 Å². The molecule has 0 saturated carbocycles. The van der Waals surface area contributed by atoms with Gasteiger partial charge in [0.2, 0.25) is 0 Å². The number of rotatable bonds is 5. The molecule has 0 saturated heterocycles. The van der Waals surface area contributed by atoms with Crippen molar-refractivity contribution in [2.24, 2.45) is 5.92 Å². The second-order valence-electron chi connectivity index (χ2n) is 3.95. The maximum atomic E-state index is 12.9. The van der Waals surface area contributed by atoms with E-state index in [-0.39, 0.29) is 24.2 Å². The fourth-order valence-corrected chi connectivity index (χ4v) is 2.08. The van der Waals surface area contributed by atoms with Crippen LogP contribution in [-0.4, -0.2) is 24.2 Å². The number of hydrogen-bond acceptors (Lipinski definition) is 2. The van der Waals surface area contributed by atoms with Gasteiger partial charge in [0.25, 0.3) is 5.91 Å². The van der Waals surface area contributed by atoms with E-state index in [1.54, 1.807) is 0 Å². The molecule has 0 spiro atoms. The van der Waals surface area contributed by atoms with Crippen molar-refractivity contribution >= 4 is 28.5 Å². The summed E-state index contributed by atoms with van der Waals surface area (Å²) in [6, 6.07) is 4.07. The number of benzene rings is 1. The molecule has 1 aromatic carbocycles. The van der Waals surface area contributed by atoms with Crippen molar-refractivity contribution in [2.45, 2.75) is 13.3 Å². The van der Waals surface area contributed by atoms with Gasteiger partial charge in [0, 0.05) is 16.7 Å². The fraction of sp³-hybridized carbons (Fsp3) is 0.417. The number of nitrogens with one attached hydrogen (secondary N) is 1. The Morgan fingerprint density at radius 2 is 2.29 bits per heavy atom. The van der Waals surface area contributed by atoms with Crippen molar-refractivity contribution in [2.75, 3.05) is 13.2 Å². The Labute approximate surface area is 114 Å². The van der Waals surface area contributed by atoms with E-state index in [9.17, 15) is 9.18 Å². The number of aliphatic hydroxyl groups is 1. The first-order valence-corrected chi connectivity index (χ1v) is 6.46. The molecule has 2 N–H and O–H groups in total. The number of hydrogen-bond donors (Lipinski definition) is 2. The first-order valence-electron chi connectivity index (χ1n) is 5.38. The quantitative estimate of drug-likeness (QED) is 0.799. The Hall–Kier alpha value is -0.690. The molecule has 0 aliphatic carbocycles. The lowest BCUT2D eigenvalue weighted by atomic mass is 10.1. The number of amides is 1. The average molecular weight is 351 g/mol. The zero-order valence-electron chi connectivity index (χ0n) is 9.54. The van der Waals surface area contributed by atoms with E-state index in [0.29, 0.717) is 22.1 Å². The van der Waals surface area contributed by atoms with E-state index in [1.165, 1.54) is 18.2 Å². The molecule has 0 bridgehead atoms. The molecule has 17 heavy (non-hydrogen) atoms. The third kappa shape index (κ3) is 4.59. The number of carbonyl (C=O) groups is 1. The molecule has 1 atom stereocenters. The minimum Gasteiger partial charge on any atom is -0.396 e. The molecular weight excluding hydrogens is 336 g/mol. The number of halogens is 2. The van der Waals surface area contributed by atoms with Gasteiger partial charge in [-0.05, 0) is 53.1 Å². The topological polar surface area (TPSA) is 49.3 Å². The van der Waals surface area contributed by atoms with E-state index >= 15 is 0 Å². The van der Waals surface area contributed by atoms with Crippen molar-refractivity contribution in [1.82, 2.24) is 5.32 Å². The van der Waals surface area contributed by atoms with E-state index in [2.05, 4.69) is 5.32 Å². The molecule has 1 aromatic rings. The van der Waals surface area contributed by atoms with E-state index in [1.807, 2.05) is 29.5 Å². The summed E-state index contributed by atoms with van der Waals surface area (Å²) in [5, 5.41) is 11.5. The van der Waals surface area contributed by atoms with Crippen LogP contribution in [0.25, 0.3) is 0 Å². The van der Waals surface area contributed by atoms with Gasteiger partial charge in [-0.3, -0.25) is 4.79 Å². The maximum Gasteiger partial charge on any atom is 0.252 e. The van der Waals surface area contributed by atoms with Crippen LogP contribution in [0, 0.1) is 15.3 Å². The molecule has 0 heterocycles. The van der Waals surface area contributed by atoms with Gasteiger partial charge in [0.05, 0.1) is 5.56 Å². The summed E-state index contributed by atoms with van der Waals surface area (Å²) in [6.07, 6.45) is 0.654. The predicted molar refractivity (Wildman–Crippen MR) is 72.3 cm³/mol. The molecule has 3 nitrogen and oxygen atoms in total. The molecule has 94 valence electrons. The molecular formula is C12H15FINO2. The predicted octanol–water partition coefficient (Wildman–Crippen LogP) is 2.18. The average Bonchev–Trinajstić information content (AvgIpc) is 2.26. The summed E-state index contributed by atoms with van der Waals surface area (Å²) >= 11 is 1.93. The van der Waals surface area contributed by atoms with Crippen LogP contribution in [0.15, 0.2) is 18.2 Å². The first-order chi connectivity index (χ1) is 8.04. The van der Waals surface area contributed by atoms with Crippen molar-refractivity contribution in [3.8, 4) is 0 Å². The second kappa shape index (κ2) is 6.90. The highest BCUT2D eigenvalue weighted by atomic mass is 127. The molecule has 1 unspecified atom stereocenters. The fourth-order valence-electron chi connectivity index (χ4n) is 1.36. The highest BCUT2D eigenvalue weighted by Gasteiger charge is 2.11. The number of aliphatic hydroxyl groups excluding tert-OH is 1. The first kappa shape index (κ1) is 14.4. The van der Waals surface area contributed by atoms with Gasteiger partial charge in [-0.2, -0.15) is 0 Å². The smallest absolute Gasteiger partial charge is 0.252 e. The Balaban J connectivity index is 2.58. The summed E-state index contributed by atoms with van der Waals surface area (Å²) in [7, 11) is 0. The highest BCUT2D eigenvalue weighted by molar-refractivity contribution is 14.1. The largest absolute Gasteiger partial charge is 0.396 e. The molecule has 5 heteroatoms. The molecule has 1 rings (SSSR count). The zero-order valence-corrected chi connectivity index (χ0v) is 11.7. The lowest BCUT2D eigenvalue weighted by Crippen LogP contribution is -2.29. The van der Waals surface area contributed by atoms with Crippen molar-refractivity contribution in [3.05, 3.63) is 33.1 Å². The zero-order chi connectivity index (χ0) is 12.8. The van der Waals surface area contributed by atoms with Crippen LogP contribution in [0.3, 0.4) is 0 Å². The van der Waals surface area contributed by atoms with Crippen molar-refractivity contribution < 1.29 is 14.3 Å². The van der Waals surface area contributed by atoms with Crippen molar-refractivity contribution in [3.63, 3.8) is 0 Å². The minimum absolute atomic E-state index is 0.116. The van der Waals surface area contributed by atoms with Gasteiger partial charge in [0.1, 0.15) is 5.82 Å². The molecule has 0 radical (unpaired) electrons. The van der Waals surface area contributed by atoms with Gasteiger partial charge in [0.15, 0.2) is 0 Å². The van der Waals surface area contributed by atoms with Gasteiger partial charge < -0.3 is 10.4 Å². The van der Waals surface area contributed by atoms with Crippen LogP contribution in [0.1, 0.15) is 23.7 Å². The van der Waals surface area contributed by atoms with Crippen LogP contribution in [0.5, 0.6) is 0 Å². The molecule has 0 aliphatic heterocycles. The Bertz CT molecular complexity index is 398. The van der Waals surface area contributed by atoms with Crippen LogP contribution in [0.2, 0.25) is 0 Å². The number of carbonyl (C=O) groups excluding carboxylic acids is 1. The lowest BCUT2D eigenvalue weighted by molar-refractivity contribution is 0.0944. The van der Waals surface area contributed by atoms with Crippen LogP contribution < -0.4 is 5.32 Å². The monoisotopic (exact) mass is 351 g/mol. The van der Waals surface area contributed by atoms with Gasteiger partial charge in [-0.15, -0.1) is 0 Å². The Morgan fingerprint density at radius 3 is 2.88 bits per heavy atom. The lowest BCUT2D eigenvalue weighted by Gasteiger charge is -2.11. The molecule has 0 aliphatic rings. The van der Waals surface area contributed by atoms with E-state index in [0.717, 1.165) is 0 Å². The minimum atomic E-state index is -0.348. The highest BCUT2D eigenvalue weighted by Crippen LogP contribution is 2.13. The summed E-state index contributed by atoms with van der Waals surface area (Å²) in [5.74, 6) is -0.333. The van der Waals surface area contributed by atoms with E-state index in [4.69, 9.17) is 5.11 Å². The molecule has 1 amide bonds. The molecule has 0 aromatic heterocycles. The van der Waals surface area contributed by atoms with Gasteiger partial charge in [-0.1, -0.05) is 6.92 Å². The summed E-state index contributed by atoms with van der Waals surface area (Å²) in [5.41, 5.74) is 0.475. The Kier molecular flexibility index (Phi) is 5.84. The summed E-state index contributed by atoms with van der Waals surface area (Å²) in [4.78, 5) is 11.8. The molecule has 0 fully saturated rings. The maximum absolute atomic E-state index is 12.9. The third-order valence-corrected chi connectivity index (χ3v) is 3.30. The third-order valence-electron chi connectivity index (χ3n) is 2.41.